The molecule has 3 rings (SSSR count). The molecule has 5 nitrogen and oxygen atoms in total. The SMILES string of the molecule is Nc1ccc(I)cc1C(=O)CCCCNC(C(=O)NC1=CCCCC1)c1ccccc1. The monoisotopic (exact) mass is 531 g/mol. The van der Waals surface area contributed by atoms with Crippen molar-refractivity contribution < 1.29 is 9.59 Å². The average molecular weight is 531 g/mol. The van der Waals surface area contributed by atoms with Crippen LogP contribution in [0.3, 0.4) is 0 Å². The molecule has 0 radical (unpaired) electrons. The number of amides is 1. The molecule has 1 unspecified atom stereocenters. The summed E-state index contributed by atoms with van der Waals surface area (Å²) in [5, 5.41) is 6.48. The Hall–Kier alpha value is -2.19. The molecular weight excluding hydrogens is 501 g/mol. The van der Waals surface area contributed by atoms with E-state index in [-0.39, 0.29) is 11.7 Å². The van der Waals surface area contributed by atoms with Crippen LogP contribution >= 0.6 is 22.6 Å². The lowest BCUT2D eigenvalue weighted by molar-refractivity contribution is -0.122. The molecule has 2 aromatic rings. The van der Waals surface area contributed by atoms with Gasteiger partial charge in [0.05, 0.1) is 0 Å². The summed E-state index contributed by atoms with van der Waals surface area (Å²) in [6.07, 6.45) is 8.38. The summed E-state index contributed by atoms with van der Waals surface area (Å²) in [5.41, 5.74) is 9.05. The van der Waals surface area contributed by atoms with Gasteiger partial charge in [-0.15, -0.1) is 0 Å². The Bertz CT molecular complexity index is 928. The van der Waals surface area contributed by atoms with E-state index in [0.29, 0.717) is 24.2 Å². The molecular formula is C25H30IN3O2. The van der Waals surface area contributed by atoms with Gasteiger partial charge in [-0.3, -0.25) is 9.59 Å². The van der Waals surface area contributed by atoms with Gasteiger partial charge in [0, 0.05) is 26.9 Å². The Balaban J connectivity index is 1.52. The van der Waals surface area contributed by atoms with Gasteiger partial charge < -0.3 is 16.4 Å². The van der Waals surface area contributed by atoms with Gasteiger partial charge in [-0.05, 0) is 91.4 Å². The van der Waals surface area contributed by atoms with Crippen molar-refractivity contribution in [3.05, 3.63) is 75.0 Å². The second kappa shape index (κ2) is 12.0. The average Bonchev–Trinajstić information content (AvgIpc) is 2.79. The summed E-state index contributed by atoms with van der Waals surface area (Å²) in [7, 11) is 0. The largest absolute Gasteiger partial charge is 0.398 e. The molecule has 1 aliphatic rings. The third-order valence-corrected chi connectivity index (χ3v) is 6.14. The maximum Gasteiger partial charge on any atom is 0.245 e. The van der Waals surface area contributed by atoms with Crippen LogP contribution in [0.25, 0.3) is 0 Å². The molecule has 0 heterocycles. The summed E-state index contributed by atoms with van der Waals surface area (Å²) in [5.74, 6) is 0.0414. The first kappa shape index (κ1) is 23.5. The number of allylic oxidation sites excluding steroid dienone is 2. The predicted octanol–water partition coefficient (Wildman–Crippen LogP) is 5.13. The highest BCUT2D eigenvalue weighted by Gasteiger charge is 2.21. The van der Waals surface area contributed by atoms with E-state index < -0.39 is 6.04 Å². The number of unbranched alkanes of at least 4 members (excludes halogenated alkanes) is 1. The van der Waals surface area contributed by atoms with Crippen LogP contribution in [-0.2, 0) is 4.79 Å². The lowest BCUT2D eigenvalue weighted by Crippen LogP contribution is -2.38. The van der Waals surface area contributed by atoms with Gasteiger partial charge in [0.1, 0.15) is 6.04 Å². The van der Waals surface area contributed by atoms with E-state index in [0.717, 1.165) is 46.9 Å². The molecule has 0 aliphatic heterocycles. The molecule has 0 aromatic heterocycles. The minimum Gasteiger partial charge on any atom is -0.398 e. The Labute approximate surface area is 198 Å². The molecule has 0 saturated carbocycles. The molecule has 1 atom stereocenters. The van der Waals surface area contributed by atoms with Crippen LogP contribution in [-0.4, -0.2) is 18.2 Å². The summed E-state index contributed by atoms with van der Waals surface area (Å²) in [4.78, 5) is 25.4. The number of anilines is 1. The molecule has 4 N–H and O–H groups in total. The number of hydrogen-bond donors (Lipinski definition) is 3. The number of Topliss-reactive ketones (excluding diaryl/α,β-unsaturated/α-hetero) is 1. The van der Waals surface area contributed by atoms with Gasteiger partial charge in [-0.2, -0.15) is 0 Å². The van der Waals surface area contributed by atoms with E-state index in [1.807, 2.05) is 42.5 Å². The van der Waals surface area contributed by atoms with Crippen LogP contribution in [0.1, 0.15) is 66.9 Å². The van der Waals surface area contributed by atoms with Gasteiger partial charge >= 0.3 is 0 Å². The number of ketones is 1. The second-order valence-corrected chi connectivity index (χ2v) is 9.12. The lowest BCUT2D eigenvalue weighted by atomic mass is 10.0. The quantitative estimate of drug-likeness (QED) is 0.172. The van der Waals surface area contributed by atoms with Gasteiger partial charge in [0.25, 0.3) is 0 Å². The maximum absolute atomic E-state index is 13.0. The number of rotatable bonds is 10. The van der Waals surface area contributed by atoms with E-state index in [9.17, 15) is 9.59 Å². The van der Waals surface area contributed by atoms with E-state index in [1.54, 1.807) is 6.07 Å². The first-order valence-corrected chi connectivity index (χ1v) is 12.0. The van der Waals surface area contributed by atoms with Crippen molar-refractivity contribution in [2.45, 2.75) is 51.0 Å². The summed E-state index contributed by atoms with van der Waals surface area (Å²) < 4.78 is 1.00. The summed E-state index contributed by atoms with van der Waals surface area (Å²) in [6, 6.07) is 14.9. The van der Waals surface area contributed by atoms with Crippen molar-refractivity contribution in [3.8, 4) is 0 Å². The highest BCUT2D eigenvalue weighted by molar-refractivity contribution is 14.1. The molecule has 0 spiro atoms. The van der Waals surface area contributed by atoms with Crippen LogP contribution in [0.2, 0.25) is 0 Å². The van der Waals surface area contributed by atoms with E-state index >= 15 is 0 Å². The summed E-state index contributed by atoms with van der Waals surface area (Å²) in [6.45, 7) is 0.654. The normalized spacial score (nSPS) is 14.5. The predicted molar refractivity (Wildman–Crippen MR) is 134 cm³/mol. The van der Waals surface area contributed by atoms with Crippen LogP contribution in [0.5, 0.6) is 0 Å². The number of nitrogens with one attached hydrogen (secondary N) is 2. The Kier molecular flexibility index (Phi) is 9.09. The van der Waals surface area contributed by atoms with E-state index in [4.69, 9.17) is 5.73 Å². The standard InChI is InChI=1S/C25H30IN3O2/c26-19-14-15-22(27)21(17-19)23(30)13-7-8-16-28-24(18-9-3-1-4-10-18)25(31)29-20-11-5-2-6-12-20/h1,3-4,9-11,14-15,17,24,28H,2,5-8,12-13,16,27H2,(H,29,31). The zero-order valence-corrected chi connectivity index (χ0v) is 19.9. The number of benzene rings is 2. The fourth-order valence-electron chi connectivity index (χ4n) is 3.75. The van der Waals surface area contributed by atoms with Gasteiger partial charge in [-0.25, -0.2) is 0 Å². The van der Waals surface area contributed by atoms with Crippen LogP contribution in [0, 0.1) is 3.57 Å². The molecule has 1 amide bonds. The van der Waals surface area contributed by atoms with Crippen LogP contribution < -0.4 is 16.4 Å². The molecule has 0 bridgehead atoms. The van der Waals surface area contributed by atoms with Crippen molar-refractivity contribution in [1.82, 2.24) is 10.6 Å². The first-order chi connectivity index (χ1) is 15.0. The minimum absolute atomic E-state index is 0.0259. The maximum atomic E-state index is 13.0. The Morgan fingerprint density at radius 2 is 1.87 bits per heavy atom. The van der Waals surface area contributed by atoms with Crippen LogP contribution in [0.15, 0.2) is 60.3 Å². The van der Waals surface area contributed by atoms with Gasteiger partial charge in [0.15, 0.2) is 5.78 Å². The zero-order chi connectivity index (χ0) is 22.1. The second-order valence-electron chi connectivity index (χ2n) is 7.87. The van der Waals surface area contributed by atoms with Crippen LogP contribution in [0.4, 0.5) is 5.69 Å². The van der Waals surface area contributed by atoms with Crippen molar-refractivity contribution in [2.75, 3.05) is 12.3 Å². The van der Waals surface area contributed by atoms with Crippen molar-refractivity contribution in [3.63, 3.8) is 0 Å². The van der Waals surface area contributed by atoms with Crippen molar-refractivity contribution in [2.24, 2.45) is 0 Å². The molecule has 0 fully saturated rings. The topological polar surface area (TPSA) is 84.2 Å². The molecule has 6 heteroatoms. The van der Waals surface area contributed by atoms with E-state index in [1.165, 1.54) is 6.42 Å². The Morgan fingerprint density at radius 3 is 2.61 bits per heavy atom. The number of halogens is 1. The highest BCUT2D eigenvalue weighted by Crippen LogP contribution is 2.20. The van der Waals surface area contributed by atoms with Crippen molar-refractivity contribution >= 4 is 40.0 Å². The number of nitrogens with two attached hydrogens (primary N) is 1. The number of carbonyl (C=O) groups is 2. The smallest absolute Gasteiger partial charge is 0.245 e. The molecule has 1 aliphatic carbocycles. The van der Waals surface area contributed by atoms with Gasteiger partial charge in [0.2, 0.25) is 5.91 Å². The highest BCUT2D eigenvalue weighted by atomic mass is 127. The van der Waals surface area contributed by atoms with Crippen molar-refractivity contribution in [1.29, 1.82) is 0 Å². The summed E-state index contributed by atoms with van der Waals surface area (Å²) >= 11 is 2.19. The number of carbonyl (C=O) groups excluding carboxylic acids is 2. The third-order valence-electron chi connectivity index (χ3n) is 5.46. The van der Waals surface area contributed by atoms with Gasteiger partial charge in [-0.1, -0.05) is 36.4 Å². The minimum atomic E-state index is -0.411. The number of hydrogen-bond acceptors (Lipinski definition) is 4. The first-order valence-electron chi connectivity index (χ1n) is 10.9. The van der Waals surface area contributed by atoms with E-state index in [2.05, 4.69) is 39.3 Å². The fourth-order valence-corrected chi connectivity index (χ4v) is 4.24. The molecule has 31 heavy (non-hydrogen) atoms. The molecule has 164 valence electrons. The molecule has 2 aromatic carbocycles. The third kappa shape index (κ3) is 7.18. The fraction of sp³-hybridized carbons (Fsp3) is 0.360. The Morgan fingerprint density at radius 1 is 1.06 bits per heavy atom. The number of nitrogen functional groups attached to an aromatic ring is 1. The molecule has 0 saturated heterocycles. The lowest BCUT2D eigenvalue weighted by Gasteiger charge is -2.21. The zero-order valence-electron chi connectivity index (χ0n) is 17.7.